The Bertz CT molecular complexity index is 363. The number of nitro groups is 1. The number of esters is 1. The van der Waals surface area contributed by atoms with E-state index in [1.165, 1.54) is 0 Å². The minimum atomic E-state index is -0.603. The standard InChI is InChI=1S/C8H9N3O4/c1-2-15-8(12)3-7-9-4-6(5-10-7)11(13)14/h4-5H,2-3H2,1H3. The minimum absolute atomic E-state index is 0.0775. The van der Waals surface area contributed by atoms with Crippen molar-refractivity contribution in [3.05, 3.63) is 28.3 Å². The molecule has 7 heteroatoms. The molecule has 80 valence electrons. The molecule has 1 aromatic rings. The number of carbonyl (C=O) groups is 1. The Morgan fingerprint density at radius 2 is 2.13 bits per heavy atom. The molecule has 0 saturated carbocycles. The van der Waals surface area contributed by atoms with Crippen molar-refractivity contribution in [1.29, 1.82) is 0 Å². The maximum absolute atomic E-state index is 11.0. The van der Waals surface area contributed by atoms with Crippen molar-refractivity contribution in [2.24, 2.45) is 0 Å². The van der Waals surface area contributed by atoms with Crippen molar-refractivity contribution in [2.45, 2.75) is 13.3 Å². The molecule has 0 radical (unpaired) electrons. The van der Waals surface area contributed by atoms with Gasteiger partial charge in [0.25, 0.3) is 0 Å². The highest BCUT2D eigenvalue weighted by atomic mass is 16.6. The zero-order chi connectivity index (χ0) is 11.3. The summed E-state index contributed by atoms with van der Waals surface area (Å²) in [5, 5.41) is 10.3. The molecule has 0 amide bonds. The van der Waals surface area contributed by atoms with Crippen LogP contribution in [0, 0.1) is 10.1 Å². The van der Waals surface area contributed by atoms with Gasteiger partial charge in [-0.15, -0.1) is 0 Å². The van der Waals surface area contributed by atoms with Crippen LogP contribution in [0.3, 0.4) is 0 Å². The molecule has 1 aromatic heterocycles. The molecule has 15 heavy (non-hydrogen) atoms. The van der Waals surface area contributed by atoms with E-state index in [0.717, 1.165) is 12.4 Å². The highest BCUT2D eigenvalue weighted by Crippen LogP contribution is 2.06. The van der Waals surface area contributed by atoms with Crippen LogP contribution in [0.2, 0.25) is 0 Å². The lowest BCUT2D eigenvalue weighted by molar-refractivity contribution is -0.385. The molecule has 1 heterocycles. The molecule has 0 saturated heterocycles. The molecule has 0 fully saturated rings. The topological polar surface area (TPSA) is 95.2 Å². The third kappa shape index (κ3) is 3.29. The average Bonchev–Trinajstić information content (AvgIpc) is 2.18. The van der Waals surface area contributed by atoms with Gasteiger partial charge in [-0.1, -0.05) is 0 Å². The summed E-state index contributed by atoms with van der Waals surface area (Å²) in [6.07, 6.45) is 2.04. The van der Waals surface area contributed by atoms with Crippen molar-refractivity contribution in [3.8, 4) is 0 Å². The zero-order valence-electron chi connectivity index (χ0n) is 8.04. The molecule has 0 aliphatic rings. The van der Waals surface area contributed by atoms with Crippen LogP contribution in [0.25, 0.3) is 0 Å². The third-order valence-electron chi connectivity index (χ3n) is 1.51. The van der Waals surface area contributed by atoms with Gasteiger partial charge in [0.05, 0.1) is 11.5 Å². The molecule has 1 rings (SSSR count). The van der Waals surface area contributed by atoms with E-state index in [2.05, 4.69) is 14.7 Å². The van der Waals surface area contributed by atoms with Gasteiger partial charge in [0.2, 0.25) is 0 Å². The molecule has 0 N–H and O–H groups in total. The van der Waals surface area contributed by atoms with Gasteiger partial charge in [0.15, 0.2) is 0 Å². The molecule has 7 nitrogen and oxygen atoms in total. The van der Waals surface area contributed by atoms with Crippen LogP contribution in [0.4, 0.5) is 5.69 Å². The third-order valence-corrected chi connectivity index (χ3v) is 1.51. The lowest BCUT2D eigenvalue weighted by Crippen LogP contribution is -2.10. The maximum Gasteiger partial charge on any atom is 0.313 e. The van der Waals surface area contributed by atoms with Crippen LogP contribution < -0.4 is 0 Å². The lowest BCUT2D eigenvalue weighted by atomic mass is 10.4. The normalized spacial score (nSPS) is 9.67. The lowest BCUT2D eigenvalue weighted by Gasteiger charge is -1.99. The highest BCUT2D eigenvalue weighted by molar-refractivity contribution is 5.71. The first-order chi connectivity index (χ1) is 7.13. The van der Waals surface area contributed by atoms with Gasteiger partial charge in [0, 0.05) is 0 Å². The number of nitrogens with zero attached hydrogens (tertiary/aromatic N) is 3. The highest BCUT2D eigenvalue weighted by Gasteiger charge is 2.10. The average molecular weight is 211 g/mol. The van der Waals surface area contributed by atoms with E-state index in [1.54, 1.807) is 6.92 Å². The largest absolute Gasteiger partial charge is 0.466 e. The number of carbonyl (C=O) groups excluding carboxylic acids is 1. The summed E-state index contributed by atoms with van der Waals surface area (Å²) in [7, 11) is 0. The van der Waals surface area contributed by atoms with E-state index in [-0.39, 0.29) is 24.5 Å². The van der Waals surface area contributed by atoms with Crippen LogP contribution in [-0.2, 0) is 16.0 Å². The van der Waals surface area contributed by atoms with Gasteiger partial charge in [-0.05, 0) is 6.92 Å². The van der Waals surface area contributed by atoms with Gasteiger partial charge in [-0.25, -0.2) is 9.97 Å². The molecule has 0 aromatic carbocycles. The Hall–Kier alpha value is -2.05. The van der Waals surface area contributed by atoms with E-state index in [0.29, 0.717) is 0 Å². The van der Waals surface area contributed by atoms with Crippen molar-refractivity contribution < 1.29 is 14.5 Å². The van der Waals surface area contributed by atoms with Gasteiger partial charge in [-0.2, -0.15) is 0 Å². The van der Waals surface area contributed by atoms with Gasteiger partial charge in [0.1, 0.15) is 24.6 Å². The van der Waals surface area contributed by atoms with Crippen LogP contribution in [-0.4, -0.2) is 27.5 Å². The summed E-state index contributed by atoms with van der Waals surface area (Å²) in [6, 6.07) is 0. The molecular formula is C8H9N3O4. The fourth-order valence-electron chi connectivity index (χ4n) is 0.875. The van der Waals surface area contributed by atoms with E-state index in [9.17, 15) is 14.9 Å². The van der Waals surface area contributed by atoms with E-state index in [1.807, 2.05) is 0 Å². The van der Waals surface area contributed by atoms with Crippen molar-refractivity contribution in [2.75, 3.05) is 6.61 Å². The summed E-state index contributed by atoms with van der Waals surface area (Å²) in [4.78, 5) is 28.0. The fraction of sp³-hybridized carbons (Fsp3) is 0.375. The predicted octanol–water partition coefficient (Wildman–Crippen LogP) is 0.490. The second kappa shape index (κ2) is 4.99. The van der Waals surface area contributed by atoms with Crippen molar-refractivity contribution >= 4 is 11.7 Å². The molecule has 0 spiro atoms. The molecule has 0 aliphatic carbocycles. The van der Waals surface area contributed by atoms with Gasteiger partial charge >= 0.3 is 11.7 Å². The molecule has 0 aliphatic heterocycles. The van der Waals surface area contributed by atoms with Crippen LogP contribution >= 0.6 is 0 Å². The zero-order valence-corrected chi connectivity index (χ0v) is 8.04. The summed E-state index contributed by atoms with van der Waals surface area (Å²) >= 11 is 0. The predicted molar refractivity (Wildman–Crippen MR) is 49.0 cm³/mol. The van der Waals surface area contributed by atoms with Gasteiger partial charge in [-0.3, -0.25) is 14.9 Å². The SMILES string of the molecule is CCOC(=O)Cc1ncc([N+](=O)[O-])cn1. The monoisotopic (exact) mass is 211 g/mol. The Labute approximate surface area is 85.3 Å². The number of rotatable bonds is 4. The molecule has 0 unspecified atom stereocenters. The van der Waals surface area contributed by atoms with E-state index < -0.39 is 10.9 Å². The summed E-state index contributed by atoms with van der Waals surface area (Å²) < 4.78 is 4.67. The summed E-state index contributed by atoms with van der Waals surface area (Å²) in [5.74, 6) is -0.245. The molecular weight excluding hydrogens is 202 g/mol. The Balaban J connectivity index is 2.64. The smallest absolute Gasteiger partial charge is 0.313 e. The Morgan fingerprint density at radius 3 is 2.60 bits per heavy atom. The summed E-state index contributed by atoms with van der Waals surface area (Å²) in [5.41, 5.74) is -0.206. The second-order valence-electron chi connectivity index (χ2n) is 2.60. The maximum atomic E-state index is 11.0. The van der Waals surface area contributed by atoms with E-state index >= 15 is 0 Å². The Kier molecular flexibility index (Phi) is 3.67. The van der Waals surface area contributed by atoms with Crippen LogP contribution in [0.1, 0.15) is 12.7 Å². The van der Waals surface area contributed by atoms with Gasteiger partial charge < -0.3 is 4.74 Å². The number of hydrogen-bond donors (Lipinski definition) is 0. The quantitative estimate of drug-likeness (QED) is 0.408. The second-order valence-corrected chi connectivity index (χ2v) is 2.60. The van der Waals surface area contributed by atoms with Crippen LogP contribution in [0.5, 0.6) is 0 Å². The Morgan fingerprint density at radius 1 is 1.53 bits per heavy atom. The summed E-state index contributed by atoms with van der Waals surface area (Å²) in [6.45, 7) is 1.97. The molecule has 0 atom stereocenters. The number of hydrogen-bond acceptors (Lipinski definition) is 6. The first-order valence-corrected chi connectivity index (χ1v) is 4.24. The fourth-order valence-corrected chi connectivity index (χ4v) is 0.875. The first kappa shape index (κ1) is 11.0. The van der Waals surface area contributed by atoms with E-state index in [4.69, 9.17) is 0 Å². The van der Waals surface area contributed by atoms with Crippen LogP contribution in [0.15, 0.2) is 12.4 Å². The number of ether oxygens (including phenoxy) is 1. The first-order valence-electron chi connectivity index (χ1n) is 4.24. The van der Waals surface area contributed by atoms with Crippen molar-refractivity contribution in [3.63, 3.8) is 0 Å². The minimum Gasteiger partial charge on any atom is -0.466 e. The van der Waals surface area contributed by atoms with Crippen molar-refractivity contribution in [1.82, 2.24) is 9.97 Å². The molecule has 0 bridgehead atoms. The number of aromatic nitrogens is 2.